The zero-order chi connectivity index (χ0) is 22.4. The van der Waals surface area contributed by atoms with Crippen LogP contribution in [0.5, 0.6) is 0 Å². The van der Waals surface area contributed by atoms with Crippen LogP contribution in [0, 0.1) is 10.1 Å². The Morgan fingerprint density at radius 2 is 1.84 bits per heavy atom. The molecule has 0 saturated carbocycles. The van der Waals surface area contributed by atoms with Crippen LogP contribution in [0.1, 0.15) is 20.7 Å². The number of anilines is 2. The molecule has 3 rings (SSSR count). The molecule has 31 heavy (non-hydrogen) atoms. The number of benzene rings is 2. The lowest BCUT2D eigenvalue weighted by molar-refractivity contribution is -0.384. The fraction of sp³-hybridized carbons (Fsp3) is 0.250. The van der Waals surface area contributed by atoms with Crippen LogP contribution in [0.25, 0.3) is 0 Å². The number of carbonyl (C=O) groups excluding carboxylic acids is 2. The van der Waals surface area contributed by atoms with E-state index in [1.165, 1.54) is 19.2 Å². The lowest BCUT2D eigenvalue weighted by Gasteiger charge is -2.30. The Bertz CT molecular complexity index is 1010. The van der Waals surface area contributed by atoms with Gasteiger partial charge in [0.1, 0.15) is 0 Å². The van der Waals surface area contributed by atoms with Gasteiger partial charge >= 0.3 is 5.97 Å². The number of hydrogen-bond acceptors (Lipinski definition) is 8. The third-order valence-electron chi connectivity index (χ3n) is 4.58. The maximum absolute atomic E-state index is 12.9. The van der Waals surface area contributed by atoms with E-state index in [0.717, 1.165) is 0 Å². The Morgan fingerprint density at radius 3 is 2.45 bits per heavy atom. The number of morpholine rings is 1. The van der Waals surface area contributed by atoms with Crippen LogP contribution in [-0.2, 0) is 9.47 Å². The van der Waals surface area contributed by atoms with Crippen molar-refractivity contribution in [3.05, 3.63) is 63.7 Å². The largest absolute Gasteiger partial charge is 0.465 e. The average Bonchev–Trinajstić information content (AvgIpc) is 2.79. The van der Waals surface area contributed by atoms with Gasteiger partial charge in [-0.05, 0) is 42.5 Å². The molecule has 1 saturated heterocycles. The maximum Gasteiger partial charge on any atom is 0.337 e. The second kappa shape index (κ2) is 9.96. The third-order valence-corrected chi connectivity index (χ3v) is 4.78. The van der Waals surface area contributed by atoms with E-state index < -0.39 is 16.8 Å². The van der Waals surface area contributed by atoms with Crippen LogP contribution < -0.4 is 15.5 Å². The van der Waals surface area contributed by atoms with Crippen LogP contribution in [-0.4, -0.2) is 55.3 Å². The first-order chi connectivity index (χ1) is 14.9. The summed E-state index contributed by atoms with van der Waals surface area (Å²) in [5, 5.41) is 16.6. The summed E-state index contributed by atoms with van der Waals surface area (Å²) < 4.78 is 9.98. The highest BCUT2D eigenvalue weighted by Gasteiger charge is 2.22. The molecule has 11 heteroatoms. The van der Waals surface area contributed by atoms with Crippen molar-refractivity contribution in [1.82, 2.24) is 5.32 Å². The van der Waals surface area contributed by atoms with Crippen molar-refractivity contribution in [2.45, 2.75) is 0 Å². The van der Waals surface area contributed by atoms with Gasteiger partial charge in [0, 0.05) is 30.9 Å². The number of amides is 1. The van der Waals surface area contributed by atoms with Crippen molar-refractivity contribution in [3.63, 3.8) is 0 Å². The number of thiocarbonyl (C=S) groups is 1. The van der Waals surface area contributed by atoms with Gasteiger partial charge in [0.15, 0.2) is 5.11 Å². The summed E-state index contributed by atoms with van der Waals surface area (Å²) in [4.78, 5) is 37.0. The second-order valence-corrected chi connectivity index (χ2v) is 6.94. The fourth-order valence-electron chi connectivity index (χ4n) is 3.04. The summed E-state index contributed by atoms with van der Waals surface area (Å²) in [5.41, 5.74) is 1.43. The van der Waals surface area contributed by atoms with E-state index in [0.29, 0.717) is 43.2 Å². The monoisotopic (exact) mass is 444 g/mol. The van der Waals surface area contributed by atoms with Crippen molar-refractivity contribution < 1.29 is 24.0 Å². The van der Waals surface area contributed by atoms with Crippen LogP contribution in [0.2, 0.25) is 0 Å². The first-order valence-electron chi connectivity index (χ1n) is 9.31. The summed E-state index contributed by atoms with van der Waals surface area (Å²) in [6.45, 7) is 2.12. The van der Waals surface area contributed by atoms with Gasteiger partial charge in [-0.2, -0.15) is 0 Å². The standard InChI is InChI=1S/C20H20N4O6S/c1-29-19(26)13-2-4-14(5-3-13)21-20(31)22-18(25)16-12-15(24(27)28)6-7-17(16)23-8-10-30-11-9-23/h2-7,12H,8-11H2,1H3,(H2,21,22,25,31). The van der Waals surface area contributed by atoms with Gasteiger partial charge in [-0.1, -0.05) is 0 Å². The average molecular weight is 444 g/mol. The van der Waals surface area contributed by atoms with Crippen molar-refractivity contribution in [2.24, 2.45) is 0 Å². The second-order valence-electron chi connectivity index (χ2n) is 6.54. The number of nitrogens with one attached hydrogen (secondary N) is 2. The van der Waals surface area contributed by atoms with E-state index in [2.05, 4.69) is 15.4 Å². The molecule has 10 nitrogen and oxygen atoms in total. The van der Waals surface area contributed by atoms with E-state index in [1.54, 1.807) is 30.3 Å². The molecule has 1 amide bonds. The lowest BCUT2D eigenvalue weighted by atomic mass is 10.1. The molecule has 1 fully saturated rings. The predicted molar refractivity (Wildman–Crippen MR) is 118 cm³/mol. The highest BCUT2D eigenvalue weighted by Crippen LogP contribution is 2.26. The van der Waals surface area contributed by atoms with Crippen molar-refractivity contribution in [3.8, 4) is 0 Å². The van der Waals surface area contributed by atoms with Crippen LogP contribution in [0.15, 0.2) is 42.5 Å². The third kappa shape index (κ3) is 5.53. The minimum Gasteiger partial charge on any atom is -0.465 e. The smallest absolute Gasteiger partial charge is 0.337 e. The number of rotatable bonds is 5. The van der Waals surface area contributed by atoms with Crippen LogP contribution >= 0.6 is 12.2 Å². The summed E-state index contributed by atoms with van der Waals surface area (Å²) in [6.07, 6.45) is 0. The van der Waals surface area contributed by atoms with E-state index in [4.69, 9.17) is 17.0 Å². The van der Waals surface area contributed by atoms with Crippen molar-refractivity contribution in [1.29, 1.82) is 0 Å². The first kappa shape index (κ1) is 22.1. The Balaban J connectivity index is 1.75. The first-order valence-corrected chi connectivity index (χ1v) is 9.71. The number of nitrogens with zero attached hydrogens (tertiary/aromatic N) is 2. The Kier molecular flexibility index (Phi) is 7.11. The van der Waals surface area contributed by atoms with E-state index in [1.807, 2.05) is 4.90 Å². The quantitative estimate of drug-likeness (QED) is 0.310. The molecule has 2 aromatic rings. The molecule has 0 atom stereocenters. The topological polar surface area (TPSA) is 123 Å². The Hall–Kier alpha value is -3.57. The predicted octanol–water partition coefficient (Wildman–Crippen LogP) is 2.34. The zero-order valence-corrected chi connectivity index (χ0v) is 17.4. The number of non-ortho nitro benzene ring substituents is 1. The molecule has 0 radical (unpaired) electrons. The molecular formula is C20H20N4O6S. The molecular weight excluding hydrogens is 424 g/mol. The molecule has 1 heterocycles. The van der Waals surface area contributed by atoms with Crippen molar-refractivity contribution >= 4 is 46.3 Å². The molecule has 0 aliphatic carbocycles. The Labute approximate surface area is 183 Å². The summed E-state index contributed by atoms with van der Waals surface area (Å²) in [6, 6.07) is 10.5. The van der Waals surface area contributed by atoms with Gasteiger partial charge in [0.05, 0.1) is 42.1 Å². The number of hydrogen-bond donors (Lipinski definition) is 2. The summed E-state index contributed by atoms with van der Waals surface area (Å²) in [5.74, 6) is -1.04. The zero-order valence-electron chi connectivity index (χ0n) is 16.6. The SMILES string of the molecule is COC(=O)c1ccc(NC(=S)NC(=O)c2cc([N+](=O)[O-])ccc2N2CCOCC2)cc1. The number of esters is 1. The molecule has 162 valence electrons. The van der Waals surface area contributed by atoms with Gasteiger partial charge in [0.25, 0.3) is 11.6 Å². The molecule has 2 N–H and O–H groups in total. The normalized spacial score (nSPS) is 13.3. The van der Waals surface area contributed by atoms with Gasteiger partial charge in [-0.3, -0.25) is 20.2 Å². The number of methoxy groups -OCH3 is 1. The van der Waals surface area contributed by atoms with Gasteiger partial charge in [-0.25, -0.2) is 4.79 Å². The molecule has 2 aromatic carbocycles. The molecule has 1 aliphatic rings. The Morgan fingerprint density at radius 1 is 1.16 bits per heavy atom. The van der Waals surface area contributed by atoms with E-state index in [-0.39, 0.29) is 16.4 Å². The van der Waals surface area contributed by atoms with Crippen molar-refractivity contribution in [2.75, 3.05) is 43.6 Å². The number of nitro benzene ring substituents is 1. The highest BCUT2D eigenvalue weighted by atomic mass is 32.1. The molecule has 1 aliphatic heterocycles. The molecule has 0 spiro atoms. The molecule has 0 unspecified atom stereocenters. The number of nitro groups is 1. The van der Waals surface area contributed by atoms with Crippen LogP contribution in [0.4, 0.5) is 17.1 Å². The molecule has 0 aromatic heterocycles. The van der Waals surface area contributed by atoms with Gasteiger partial charge < -0.3 is 19.7 Å². The molecule has 0 bridgehead atoms. The summed E-state index contributed by atoms with van der Waals surface area (Å²) >= 11 is 5.20. The lowest BCUT2D eigenvalue weighted by Crippen LogP contribution is -2.39. The van der Waals surface area contributed by atoms with E-state index in [9.17, 15) is 19.7 Å². The van der Waals surface area contributed by atoms with Crippen LogP contribution in [0.3, 0.4) is 0 Å². The number of ether oxygens (including phenoxy) is 2. The van der Waals surface area contributed by atoms with E-state index >= 15 is 0 Å². The van der Waals surface area contributed by atoms with Gasteiger partial charge in [0.2, 0.25) is 0 Å². The highest BCUT2D eigenvalue weighted by molar-refractivity contribution is 7.80. The number of carbonyl (C=O) groups is 2. The fourth-order valence-corrected chi connectivity index (χ4v) is 3.25. The van der Waals surface area contributed by atoms with Gasteiger partial charge in [-0.15, -0.1) is 0 Å². The minimum absolute atomic E-state index is 0.00949. The summed E-state index contributed by atoms with van der Waals surface area (Å²) in [7, 11) is 1.29. The minimum atomic E-state index is -0.575. The maximum atomic E-state index is 12.9.